The molecular formula is C18H23NO2. The first kappa shape index (κ1) is 15.5. The minimum atomic E-state index is -0.155. The number of methoxy groups -OCH3 is 1. The molecule has 2 rings (SSSR count). The first-order valence-corrected chi connectivity index (χ1v) is 7.17. The van der Waals surface area contributed by atoms with E-state index in [0.717, 1.165) is 24.6 Å². The first-order chi connectivity index (χ1) is 10.1. The molecule has 0 heterocycles. The molecule has 0 atom stereocenters. The quantitative estimate of drug-likeness (QED) is 0.834. The van der Waals surface area contributed by atoms with Crippen molar-refractivity contribution in [3.05, 3.63) is 60.2 Å². The molecule has 0 saturated carbocycles. The molecule has 0 bridgehead atoms. The van der Waals surface area contributed by atoms with E-state index in [-0.39, 0.29) is 5.60 Å². The topological polar surface area (TPSA) is 30.5 Å². The van der Waals surface area contributed by atoms with Gasteiger partial charge in [0.05, 0.1) is 5.60 Å². The maximum absolute atomic E-state index is 5.83. The Balaban J connectivity index is 1.92. The van der Waals surface area contributed by atoms with Gasteiger partial charge in [0, 0.05) is 20.2 Å². The van der Waals surface area contributed by atoms with E-state index in [2.05, 4.69) is 31.3 Å². The van der Waals surface area contributed by atoms with Gasteiger partial charge in [-0.1, -0.05) is 30.3 Å². The minimum absolute atomic E-state index is 0.155. The fraction of sp³-hybridized carbons (Fsp3) is 0.333. The maximum atomic E-state index is 5.83. The molecule has 0 radical (unpaired) electrons. The Hall–Kier alpha value is -1.84. The van der Waals surface area contributed by atoms with Crippen LogP contribution in [0.2, 0.25) is 0 Å². The van der Waals surface area contributed by atoms with E-state index in [4.69, 9.17) is 9.47 Å². The number of hydrogen-bond donors (Lipinski definition) is 1. The number of ether oxygens (including phenoxy) is 2. The normalized spacial score (nSPS) is 11.4. The average molecular weight is 285 g/mol. The van der Waals surface area contributed by atoms with Gasteiger partial charge in [-0.25, -0.2) is 0 Å². The monoisotopic (exact) mass is 285 g/mol. The summed E-state index contributed by atoms with van der Waals surface area (Å²) >= 11 is 0. The lowest BCUT2D eigenvalue weighted by Gasteiger charge is -2.23. The lowest BCUT2D eigenvalue weighted by Crippen LogP contribution is -2.36. The fourth-order valence-electron chi connectivity index (χ4n) is 1.92. The zero-order valence-electron chi connectivity index (χ0n) is 12.9. The molecule has 112 valence electrons. The van der Waals surface area contributed by atoms with Crippen LogP contribution in [-0.2, 0) is 11.3 Å². The second-order valence-corrected chi connectivity index (χ2v) is 5.63. The number of para-hydroxylation sites is 1. The molecule has 0 amide bonds. The summed E-state index contributed by atoms with van der Waals surface area (Å²) in [7, 11) is 1.73. The zero-order chi connectivity index (χ0) is 15.1. The Morgan fingerprint density at radius 2 is 1.67 bits per heavy atom. The second-order valence-electron chi connectivity index (χ2n) is 5.63. The third-order valence-electron chi connectivity index (χ3n) is 3.31. The Bertz CT molecular complexity index is 552. The van der Waals surface area contributed by atoms with E-state index >= 15 is 0 Å². The van der Waals surface area contributed by atoms with Gasteiger partial charge in [-0.15, -0.1) is 0 Å². The molecule has 0 aromatic heterocycles. The second kappa shape index (κ2) is 7.25. The van der Waals surface area contributed by atoms with Crippen LogP contribution >= 0.6 is 0 Å². The van der Waals surface area contributed by atoms with Gasteiger partial charge < -0.3 is 14.8 Å². The third kappa shape index (κ3) is 5.21. The average Bonchev–Trinajstić information content (AvgIpc) is 2.48. The highest BCUT2D eigenvalue weighted by Gasteiger charge is 2.14. The molecule has 0 spiro atoms. The molecular weight excluding hydrogens is 262 g/mol. The summed E-state index contributed by atoms with van der Waals surface area (Å²) < 4.78 is 11.2. The highest BCUT2D eigenvalue weighted by atomic mass is 16.5. The summed E-state index contributed by atoms with van der Waals surface area (Å²) in [6.07, 6.45) is 0. The number of nitrogens with one attached hydrogen (secondary N) is 1. The van der Waals surface area contributed by atoms with Crippen molar-refractivity contribution in [1.29, 1.82) is 0 Å². The van der Waals surface area contributed by atoms with Gasteiger partial charge in [-0.3, -0.25) is 0 Å². The maximum Gasteiger partial charge on any atom is 0.127 e. The highest BCUT2D eigenvalue weighted by Crippen LogP contribution is 2.21. The van der Waals surface area contributed by atoms with Gasteiger partial charge >= 0.3 is 0 Å². The number of benzene rings is 2. The van der Waals surface area contributed by atoms with Gasteiger partial charge in [0.25, 0.3) is 0 Å². The van der Waals surface area contributed by atoms with Gasteiger partial charge in [0.1, 0.15) is 11.5 Å². The van der Waals surface area contributed by atoms with Crippen molar-refractivity contribution in [2.75, 3.05) is 13.7 Å². The number of hydrogen-bond acceptors (Lipinski definition) is 3. The first-order valence-electron chi connectivity index (χ1n) is 7.17. The van der Waals surface area contributed by atoms with Crippen molar-refractivity contribution in [2.45, 2.75) is 26.0 Å². The molecule has 3 heteroatoms. The molecule has 0 unspecified atom stereocenters. The van der Waals surface area contributed by atoms with Crippen molar-refractivity contribution >= 4 is 0 Å². The Morgan fingerprint density at radius 3 is 2.38 bits per heavy atom. The number of rotatable bonds is 7. The SMILES string of the molecule is COC(C)(C)CNCc1cccc(Oc2ccccc2)c1. The molecule has 0 fully saturated rings. The van der Waals surface area contributed by atoms with E-state index in [0.29, 0.717) is 0 Å². The van der Waals surface area contributed by atoms with Crippen LogP contribution in [0.5, 0.6) is 11.5 Å². The Kier molecular flexibility index (Phi) is 5.37. The largest absolute Gasteiger partial charge is 0.457 e. The molecule has 0 aliphatic heterocycles. The van der Waals surface area contributed by atoms with Crippen molar-refractivity contribution in [2.24, 2.45) is 0 Å². The van der Waals surface area contributed by atoms with Crippen molar-refractivity contribution in [3.63, 3.8) is 0 Å². The standard InChI is InChI=1S/C18H23NO2/c1-18(2,20-3)14-19-13-15-8-7-11-17(12-15)21-16-9-5-4-6-10-16/h4-12,19H,13-14H2,1-3H3. The molecule has 3 nitrogen and oxygen atoms in total. The van der Waals surface area contributed by atoms with E-state index < -0.39 is 0 Å². The van der Waals surface area contributed by atoms with Gasteiger partial charge in [0.2, 0.25) is 0 Å². The molecule has 2 aromatic carbocycles. The van der Waals surface area contributed by atoms with E-state index in [1.165, 1.54) is 5.56 Å². The van der Waals surface area contributed by atoms with Crippen molar-refractivity contribution < 1.29 is 9.47 Å². The van der Waals surface area contributed by atoms with Crippen LogP contribution in [0.15, 0.2) is 54.6 Å². The summed E-state index contributed by atoms with van der Waals surface area (Å²) in [6, 6.07) is 17.9. The summed E-state index contributed by atoms with van der Waals surface area (Å²) in [4.78, 5) is 0. The Morgan fingerprint density at radius 1 is 0.952 bits per heavy atom. The van der Waals surface area contributed by atoms with Crippen LogP contribution in [0, 0.1) is 0 Å². The van der Waals surface area contributed by atoms with Crippen LogP contribution in [0.4, 0.5) is 0 Å². The third-order valence-corrected chi connectivity index (χ3v) is 3.31. The van der Waals surface area contributed by atoms with Crippen molar-refractivity contribution in [1.82, 2.24) is 5.32 Å². The van der Waals surface area contributed by atoms with E-state index in [1.54, 1.807) is 7.11 Å². The van der Waals surface area contributed by atoms with Gasteiger partial charge in [0.15, 0.2) is 0 Å². The summed E-state index contributed by atoms with van der Waals surface area (Å²) in [5, 5.41) is 3.40. The predicted molar refractivity (Wildman–Crippen MR) is 85.8 cm³/mol. The minimum Gasteiger partial charge on any atom is -0.457 e. The molecule has 0 aliphatic carbocycles. The summed E-state index contributed by atoms with van der Waals surface area (Å²) in [5.41, 5.74) is 1.04. The summed E-state index contributed by atoms with van der Waals surface area (Å²) in [6.45, 7) is 5.72. The van der Waals surface area contributed by atoms with Gasteiger partial charge in [-0.05, 0) is 43.7 Å². The van der Waals surface area contributed by atoms with Crippen LogP contribution in [-0.4, -0.2) is 19.3 Å². The molecule has 0 aliphatic rings. The summed E-state index contributed by atoms with van der Waals surface area (Å²) in [5.74, 6) is 1.70. The van der Waals surface area contributed by atoms with E-state index in [9.17, 15) is 0 Å². The van der Waals surface area contributed by atoms with Crippen LogP contribution in [0.25, 0.3) is 0 Å². The van der Waals surface area contributed by atoms with Gasteiger partial charge in [-0.2, -0.15) is 0 Å². The van der Waals surface area contributed by atoms with Crippen LogP contribution in [0.3, 0.4) is 0 Å². The van der Waals surface area contributed by atoms with Crippen LogP contribution in [0.1, 0.15) is 19.4 Å². The molecule has 1 N–H and O–H groups in total. The van der Waals surface area contributed by atoms with E-state index in [1.807, 2.05) is 42.5 Å². The lowest BCUT2D eigenvalue weighted by molar-refractivity contribution is 0.0230. The van der Waals surface area contributed by atoms with Crippen molar-refractivity contribution in [3.8, 4) is 11.5 Å². The predicted octanol–water partition coefficient (Wildman–Crippen LogP) is 3.99. The highest BCUT2D eigenvalue weighted by molar-refractivity contribution is 5.33. The lowest BCUT2D eigenvalue weighted by atomic mass is 10.1. The zero-order valence-corrected chi connectivity index (χ0v) is 12.9. The van der Waals surface area contributed by atoms with Crippen LogP contribution < -0.4 is 10.1 Å². The molecule has 21 heavy (non-hydrogen) atoms. The molecule has 0 saturated heterocycles. The molecule has 2 aromatic rings. The fourth-order valence-corrected chi connectivity index (χ4v) is 1.92. The smallest absolute Gasteiger partial charge is 0.127 e. The Labute approximate surface area is 126 Å².